The molecule has 1 atom stereocenters. The first kappa shape index (κ1) is 19.8. The van der Waals surface area contributed by atoms with E-state index in [1.54, 1.807) is 0 Å². The molecule has 1 aliphatic heterocycles. The summed E-state index contributed by atoms with van der Waals surface area (Å²) in [5.74, 6) is 1.52. The minimum Gasteiger partial charge on any atom is -0.486 e. The molecule has 0 spiro atoms. The fraction of sp³-hybridized carbons (Fsp3) is 0.611. The zero-order chi connectivity index (χ0) is 18.4. The summed E-state index contributed by atoms with van der Waals surface area (Å²) in [5, 5.41) is 6.26. The number of amides is 1. The van der Waals surface area contributed by atoms with Gasteiger partial charge in [0.1, 0.15) is 18.8 Å². The van der Waals surface area contributed by atoms with E-state index in [1.165, 1.54) is 0 Å². The van der Waals surface area contributed by atoms with Crippen molar-refractivity contribution in [3.05, 3.63) is 22.2 Å². The molecule has 2 rings (SSSR count). The number of rotatable bonds is 6. The van der Waals surface area contributed by atoms with Crippen LogP contribution in [0.1, 0.15) is 39.7 Å². The zero-order valence-electron chi connectivity index (χ0n) is 15.3. The third kappa shape index (κ3) is 6.40. The third-order valence-corrected chi connectivity index (χ3v) is 4.18. The largest absolute Gasteiger partial charge is 0.486 e. The van der Waals surface area contributed by atoms with E-state index in [9.17, 15) is 4.79 Å². The van der Waals surface area contributed by atoms with Crippen LogP contribution in [0.15, 0.2) is 16.6 Å². The van der Waals surface area contributed by atoms with E-state index >= 15 is 0 Å². The van der Waals surface area contributed by atoms with E-state index < -0.39 is 5.60 Å². The lowest BCUT2D eigenvalue weighted by atomic mass is 10.1. The summed E-state index contributed by atoms with van der Waals surface area (Å²) in [6.07, 6.45) is 0.431. The van der Waals surface area contributed by atoms with Crippen LogP contribution in [-0.2, 0) is 11.3 Å². The Morgan fingerprint density at radius 1 is 1.32 bits per heavy atom. The average molecular weight is 415 g/mol. The fourth-order valence-electron chi connectivity index (χ4n) is 2.43. The molecule has 0 aromatic heterocycles. The highest BCUT2D eigenvalue weighted by Crippen LogP contribution is 2.38. The number of fused-ring (bicyclic) bond motifs is 1. The maximum absolute atomic E-state index is 11.9. The van der Waals surface area contributed by atoms with Crippen molar-refractivity contribution in [2.75, 3.05) is 19.8 Å². The third-order valence-electron chi connectivity index (χ3n) is 3.59. The second-order valence-electron chi connectivity index (χ2n) is 6.98. The SMILES string of the molecule is CCC(CNCc1cc(Br)c2c(c1)OCCO2)NC(=O)OC(C)(C)C. The van der Waals surface area contributed by atoms with E-state index in [-0.39, 0.29) is 12.1 Å². The summed E-state index contributed by atoms with van der Waals surface area (Å²) in [6, 6.07) is 4.01. The van der Waals surface area contributed by atoms with Gasteiger partial charge in [-0.3, -0.25) is 0 Å². The van der Waals surface area contributed by atoms with Crippen LogP contribution in [0.3, 0.4) is 0 Å². The first-order valence-electron chi connectivity index (χ1n) is 8.56. The van der Waals surface area contributed by atoms with Gasteiger partial charge in [-0.2, -0.15) is 0 Å². The summed E-state index contributed by atoms with van der Waals surface area (Å²) in [6.45, 7) is 10.0. The van der Waals surface area contributed by atoms with Gasteiger partial charge in [0.15, 0.2) is 11.5 Å². The molecule has 2 N–H and O–H groups in total. The number of halogens is 1. The van der Waals surface area contributed by atoms with Crippen LogP contribution < -0.4 is 20.1 Å². The number of ether oxygens (including phenoxy) is 3. The summed E-state index contributed by atoms with van der Waals surface area (Å²) < 4.78 is 17.4. The number of hydrogen-bond donors (Lipinski definition) is 2. The molecule has 1 heterocycles. The maximum Gasteiger partial charge on any atom is 0.407 e. The molecule has 0 saturated carbocycles. The van der Waals surface area contributed by atoms with E-state index in [0.717, 1.165) is 28.0 Å². The van der Waals surface area contributed by atoms with Crippen LogP contribution in [0.4, 0.5) is 4.79 Å². The van der Waals surface area contributed by atoms with Crippen LogP contribution in [0.25, 0.3) is 0 Å². The monoisotopic (exact) mass is 414 g/mol. The Kier molecular flexibility index (Phi) is 6.95. The van der Waals surface area contributed by atoms with Gasteiger partial charge in [0, 0.05) is 19.1 Å². The summed E-state index contributed by atoms with van der Waals surface area (Å²) in [4.78, 5) is 11.9. The van der Waals surface area contributed by atoms with Crippen molar-refractivity contribution in [1.82, 2.24) is 10.6 Å². The van der Waals surface area contributed by atoms with Crippen molar-refractivity contribution in [1.29, 1.82) is 0 Å². The van der Waals surface area contributed by atoms with Crippen molar-refractivity contribution in [3.63, 3.8) is 0 Å². The predicted molar refractivity (Wildman–Crippen MR) is 100 cm³/mol. The van der Waals surface area contributed by atoms with Crippen LogP contribution in [0.5, 0.6) is 11.5 Å². The average Bonchev–Trinajstić information content (AvgIpc) is 2.52. The Labute approximate surface area is 157 Å². The lowest BCUT2D eigenvalue weighted by Crippen LogP contribution is -2.43. The van der Waals surface area contributed by atoms with Crippen molar-refractivity contribution >= 4 is 22.0 Å². The van der Waals surface area contributed by atoms with Gasteiger partial charge in [0.05, 0.1) is 4.47 Å². The Hall–Kier alpha value is -1.47. The van der Waals surface area contributed by atoms with Crippen molar-refractivity contribution in [2.45, 2.75) is 52.3 Å². The van der Waals surface area contributed by atoms with Crippen molar-refractivity contribution < 1.29 is 19.0 Å². The van der Waals surface area contributed by atoms with Crippen LogP contribution in [-0.4, -0.2) is 37.5 Å². The maximum atomic E-state index is 11.9. The summed E-state index contributed by atoms with van der Waals surface area (Å²) in [7, 11) is 0. The van der Waals surface area contributed by atoms with Crippen molar-refractivity contribution in [2.24, 2.45) is 0 Å². The molecule has 6 nitrogen and oxygen atoms in total. The Morgan fingerprint density at radius 3 is 2.72 bits per heavy atom. The van der Waals surface area contributed by atoms with E-state index in [4.69, 9.17) is 14.2 Å². The zero-order valence-corrected chi connectivity index (χ0v) is 16.9. The minimum atomic E-state index is -0.493. The number of carbonyl (C=O) groups is 1. The summed E-state index contributed by atoms with van der Waals surface area (Å²) >= 11 is 3.52. The number of carbonyl (C=O) groups excluding carboxylic acids is 1. The van der Waals surface area contributed by atoms with Crippen molar-refractivity contribution in [3.8, 4) is 11.5 Å². The van der Waals surface area contributed by atoms with Gasteiger partial charge in [0.2, 0.25) is 0 Å². The van der Waals surface area contributed by atoms with Gasteiger partial charge in [0.25, 0.3) is 0 Å². The van der Waals surface area contributed by atoms with Crippen LogP contribution in [0.2, 0.25) is 0 Å². The molecule has 25 heavy (non-hydrogen) atoms. The van der Waals surface area contributed by atoms with Gasteiger partial charge in [-0.25, -0.2) is 4.79 Å². The van der Waals surface area contributed by atoms with E-state index in [1.807, 2.05) is 39.8 Å². The van der Waals surface area contributed by atoms with Gasteiger partial charge in [-0.05, 0) is 60.8 Å². The molecule has 140 valence electrons. The highest BCUT2D eigenvalue weighted by atomic mass is 79.9. The number of hydrogen-bond acceptors (Lipinski definition) is 5. The molecule has 1 aromatic carbocycles. The molecule has 0 fully saturated rings. The Bertz CT molecular complexity index is 601. The molecule has 1 unspecified atom stereocenters. The standard InChI is InChI=1S/C18H27BrN2O4/c1-5-13(21-17(22)25-18(2,3)4)11-20-10-12-8-14(19)16-15(9-12)23-6-7-24-16/h8-9,13,20H,5-7,10-11H2,1-4H3,(H,21,22). The highest BCUT2D eigenvalue weighted by Gasteiger charge is 2.19. The first-order chi connectivity index (χ1) is 11.8. The van der Waals surface area contributed by atoms with Gasteiger partial charge in [-0.15, -0.1) is 0 Å². The topological polar surface area (TPSA) is 68.8 Å². The predicted octanol–water partition coefficient (Wildman–Crippen LogP) is 3.61. The van der Waals surface area contributed by atoms with E-state index in [0.29, 0.717) is 26.3 Å². The normalized spacial score (nSPS) is 14.8. The van der Waals surface area contributed by atoms with Crippen LogP contribution in [0, 0.1) is 0 Å². The number of alkyl carbamates (subject to hydrolysis) is 1. The Morgan fingerprint density at radius 2 is 2.04 bits per heavy atom. The highest BCUT2D eigenvalue weighted by molar-refractivity contribution is 9.10. The fourth-order valence-corrected chi connectivity index (χ4v) is 3.03. The minimum absolute atomic E-state index is 0.00972. The molecule has 1 aliphatic rings. The molecule has 0 saturated heterocycles. The van der Waals surface area contributed by atoms with Gasteiger partial charge >= 0.3 is 6.09 Å². The molecular weight excluding hydrogens is 388 g/mol. The number of benzene rings is 1. The number of nitrogens with one attached hydrogen (secondary N) is 2. The molecule has 7 heteroatoms. The lowest BCUT2D eigenvalue weighted by Gasteiger charge is -2.23. The molecule has 1 amide bonds. The van der Waals surface area contributed by atoms with Crippen LogP contribution >= 0.6 is 15.9 Å². The second-order valence-corrected chi connectivity index (χ2v) is 7.84. The molecular formula is C18H27BrN2O4. The lowest BCUT2D eigenvalue weighted by molar-refractivity contribution is 0.0502. The molecule has 0 bridgehead atoms. The quantitative estimate of drug-likeness (QED) is 0.743. The molecule has 0 radical (unpaired) electrons. The van der Waals surface area contributed by atoms with Gasteiger partial charge in [-0.1, -0.05) is 6.92 Å². The van der Waals surface area contributed by atoms with Gasteiger partial charge < -0.3 is 24.8 Å². The summed E-state index contributed by atoms with van der Waals surface area (Å²) in [5.41, 5.74) is 0.594. The first-order valence-corrected chi connectivity index (χ1v) is 9.36. The second kappa shape index (κ2) is 8.76. The van der Waals surface area contributed by atoms with E-state index in [2.05, 4.69) is 26.6 Å². The Balaban J connectivity index is 1.84. The molecule has 0 aliphatic carbocycles. The smallest absolute Gasteiger partial charge is 0.407 e. The molecule has 1 aromatic rings.